The van der Waals surface area contributed by atoms with E-state index >= 15 is 0 Å². The van der Waals surface area contributed by atoms with Gasteiger partial charge in [-0.2, -0.15) is 4.31 Å². The van der Waals surface area contributed by atoms with E-state index in [4.69, 9.17) is 23.2 Å². The lowest BCUT2D eigenvalue weighted by molar-refractivity contribution is -0.109. The molecule has 7 heteroatoms. The highest BCUT2D eigenvalue weighted by molar-refractivity contribution is 7.89. The molecule has 0 bridgehead atoms. The van der Waals surface area contributed by atoms with E-state index in [2.05, 4.69) is 0 Å². The van der Waals surface area contributed by atoms with Crippen LogP contribution >= 0.6 is 23.2 Å². The van der Waals surface area contributed by atoms with Gasteiger partial charge in [-0.3, -0.25) is 0 Å². The normalized spacial score (nSPS) is 21.1. The largest absolute Gasteiger partial charge is 0.302 e. The van der Waals surface area contributed by atoms with Crippen LogP contribution in [0.1, 0.15) is 6.42 Å². The molecule has 0 unspecified atom stereocenters. The summed E-state index contributed by atoms with van der Waals surface area (Å²) < 4.78 is 25.8. The van der Waals surface area contributed by atoms with Crippen LogP contribution in [-0.4, -0.2) is 31.6 Å². The fourth-order valence-electron chi connectivity index (χ4n) is 1.86. The van der Waals surface area contributed by atoms with Gasteiger partial charge in [0, 0.05) is 16.6 Å². The zero-order chi connectivity index (χ0) is 13.3. The van der Waals surface area contributed by atoms with Crippen molar-refractivity contribution < 1.29 is 13.2 Å². The van der Waals surface area contributed by atoms with Crippen molar-refractivity contribution in [1.82, 2.24) is 4.31 Å². The van der Waals surface area contributed by atoms with E-state index in [9.17, 15) is 13.2 Å². The zero-order valence-electron chi connectivity index (χ0n) is 9.21. The molecule has 1 aromatic rings. The Balaban J connectivity index is 2.44. The van der Waals surface area contributed by atoms with Crippen LogP contribution in [0.25, 0.3) is 0 Å². The third kappa shape index (κ3) is 2.54. The van der Waals surface area contributed by atoms with E-state index in [1.165, 1.54) is 18.2 Å². The standard InChI is InChI=1S/C11H10Cl2NO3S/c12-8-4-9(13)6-11(5-8)18(16,17)14-3-1-2-10(14)7-15/h2,4-7,10H,1,3H2/t10-/m0/s1. The molecular formula is C11H10Cl2NO3S. The zero-order valence-corrected chi connectivity index (χ0v) is 11.5. The van der Waals surface area contributed by atoms with Gasteiger partial charge in [-0.05, 0) is 31.0 Å². The second-order valence-electron chi connectivity index (χ2n) is 3.87. The summed E-state index contributed by atoms with van der Waals surface area (Å²) in [6, 6.07) is 3.38. The van der Waals surface area contributed by atoms with Crippen molar-refractivity contribution in [2.45, 2.75) is 17.4 Å². The summed E-state index contributed by atoms with van der Waals surface area (Å²) in [5.41, 5.74) is 0. The van der Waals surface area contributed by atoms with E-state index < -0.39 is 16.1 Å². The minimum Gasteiger partial charge on any atom is -0.302 e. The number of aldehydes is 1. The Kier molecular flexibility index (Phi) is 3.96. The van der Waals surface area contributed by atoms with Gasteiger partial charge < -0.3 is 4.79 Å². The summed E-state index contributed by atoms with van der Waals surface area (Å²) >= 11 is 11.6. The number of hydrogen-bond donors (Lipinski definition) is 0. The van der Waals surface area contributed by atoms with E-state index in [0.717, 1.165) is 4.31 Å². The van der Waals surface area contributed by atoms with Crippen molar-refractivity contribution in [3.63, 3.8) is 0 Å². The van der Waals surface area contributed by atoms with Gasteiger partial charge in [0.05, 0.1) is 10.9 Å². The number of nitrogens with zero attached hydrogens (tertiary/aromatic N) is 1. The molecule has 0 N–H and O–H groups in total. The van der Waals surface area contributed by atoms with E-state index in [-0.39, 0.29) is 21.5 Å². The SMILES string of the molecule is O=C[C@@H]1[CH]CCN1S(=O)(=O)c1cc(Cl)cc(Cl)c1. The summed E-state index contributed by atoms with van der Waals surface area (Å²) in [7, 11) is -3.74. The predicted molar refractivity (Wildman–Crippen MR) is 69.1 cm³/mol. The third-order valence-electron chi connectivity index (χ3n) is 2.67. The first-order valence-electron chi connectivity index (χ1n) is 5.22. The van der Waals surface area contributed by atoms with Gasteiger partial charge in [-0.15, -0.1) is 0 Å². The number of carbonyl (C=O) groups is 1. The monoisotopic (exact) mass is 306 g/mol. The van der Waals surface area contributed by atoms with Crippen molar-refractivity contribution in [3.8, 4) is 0 Å². The van der Waals surface area contributed by atoms with Crippen molar-refractivity contribution in [1.29, 1.82) is 0 Å². The molecule has 18 heavy (non-hydrogen) atoms. The lowest BCUT2D eigenvalue weighted by Crippen LogP contribution is -2.36. The van der Waals surface area contributed by atoms with Crippen molar-refractivity contribution in [3.05, 3.63) is 34.7 Å². The smallest absolute Gasteiger partial charge is 0.243 e. The van der Waals surface area contributed by atoms with E-state index in [1.807, 2.05) is 0 Å². The van der Waals surface area contributed by atoms with Gasteiger partial charge >= 0.3 is 0 Å². The summed E-state index contributed by atoms with van der Waals surface area (Å²) in [5, 5.41) is 0.485. The minimum atomic E-state index is -3.74. The summed E-state index contributed by atoms with van der Waals surface area (Å²) in [6.07, 6.45) is 2.82. The molecule has 0 aromatic heterocycles. The number of carbonyl (C=O) groups excluding carboxylic acids is 1. The van der Waals surface area contributed by atoms with Crippen LogP contribution in [0, 0.1) is 6.42 Å². The van der Waals surface area contributed by atoms with Crippen LogP contribution in [0.15, 0.2) is 23.1 Å². The lowest BCUT2D eigenvalue weighted by atomic mass is 10.2. The molecule has 0 spiro atoms. The van der Waals surface area contributed by atoms with Crippen LogP contribution in [0.4, 0.5) is 0 Å². The molecule has 1 aromatic carbocycles. The van der Waals surface area contributed by atoms with Gasteiger partial charge in [0.1, 0.15) is 6.29 Å². The molecule has 0 saturated carbocycles. The molecule has 1 atom stereocenters. The molecule has 1 fully saturated rings. The molecule has 1 aliphatic heterocycles. The first-order valence-corrected chi connectivity index (χ1v) is 7.41. The number of sulfonamides is 1. The Hall–Kier alpha value is -0.620. The molecule has 1 aliphatic rings. The average Bonchev–Trinajstić information content (AvgIpc) is 2.76. The predicted octanol–water partition coefficient (Wildman–Crippen LogP) is 2.16. The Morgan fingerprint density at radius 2 is 1.83 bits per heavy atom. The second-order valence-corrected chi connectivity index (χ2v) is 6.64. The molecule has 4 nitrogen and oxygen atoms in total. The van der Waals surface area contributed by atoms with Gasteiger partial charge in [-0.25, -0.2) is 8.42 Å². The van der Waals surface area contributed by atoms with Crippen LogP contribution in [0.2, 0.25) is 10.0 Å². The number of halogens is 2. The van der Waals surface area contributed by atoms with E-state index in [1.54, 1.807) is 6.42 Å². The van der Waals surface area contributed by atoms with E-state index in [0.29, 0.717) is 12.7 Å². The maximum Gasteiger partial charge on any atom is 0.243 e. The Morgan fingerprint density at radius 1 is 1.22 bits per heavy atom. The van der Waals surface area contributed by atoms with Gasteiger partial charge in [0.25, 0.3) is 0 Å². The lowest BCUT2D eigenvalue weighted by Gasteiger charge is -2.20. The highest BCUT2D eigenvalue weighted by Crippen LogP contribution is 2.28. The first kappa shape index (κ1) is 13.8. The maximum atomic E-state index is 12.3. The van der Waals surface area contributed by atoms with Gasteiger partial charge in [0.2, 0.25) is 10.0 Å². The molecule has 97 valence electrons. The molecule has 1 heterocycles. The number of rotatable bonds is 3. The molecule has 1 radical (unpaired) electrons. The summed E-state index contributed by atoms with van der Waals surface area (Å²) in [5.74, 6) is 0. The fourth-order valence-corrected chi connectivity index (χ4v) is 4.14. The third-order valence-corrected chi connectivity index (χ3v) is 4.98. The Labute approximate surface area is 116 Å². The fraction of sp³-hybridized carbons (Fsp3) is 0.273. The Morgan fingerprint density at radius 3 is 2.39 bits per heavy atom. The Bertz CT molecular complexity index is 553. The van der Waals surface area contributed by atoms with Gasteiger partial charge in [0.15, 0.2) is 0 Å². The summed E-state index contributed by atoms with van der Waals surface area (Å²) in [6.45, 7) is 0.288. The van der Waals surface area contributed by atoms with Crippen LogP contribution < -0.4 is 0 Å². The number of hydrogen-bond acceptors (Lipinski definition) is 3. The second kappa shape index (κ2) is 5.17. The highest BCUT2D eigenvalue weighted by atomic mass is 35.5. The molecular weight excluding hydrogens is 297 g/mol. The van der Waals surface area contributed by atoms with Crippen LogP contribution in [0.3, 0.4) is 0 Å². The molecule has 0 amide bonds. The van der Waals surface area contributed by atoms with Gasteiger partial charge in [-0.1, -0.05) is 23.2 Å². The topological polar surface area (TPSA) is 54.5 Å². The summed E-state index contributed by atoms with van der Waals surface area (Å²) in [4.78, 5) is 10.8. The van der Waals surface area contributed by atoms with Crippen LogP contribution in [0.5, 0.6) is 0 Å². The van der Waals surface area contributed by atoms with Crippen LogP contribution in [-0.2, 0) is 14.8 Å². The molecule has 0 aliphatic carbocycles. The maximum absolute atomic E-state index is 12.3. The number of benzene rings is 1. The average molecular weight is 307 g/mol. The van der Waals surface area contributed by atoms with Crippen molar-refractivity contribution >= 4 is 39.5 Å². The highest BCUT2D eigenvalue weighted by Gasteiger charge is 2.35. The first-order chi connectivity index (χ1) is 8.45. The quantitative estimate of drug-likeness (QED) is 0.804. The minimum absolute atomic E-state index is 0.00199. The molecule has 2 rings (SSSR count). The molecule has 1 saturated heterocycles. The van der Waals surface area contributed by atoms with Crippen molar-refractivity contribution in [2.75, 3.05) is 6.54 Å². The van der Waals surface area contributed by atoms with Crippen molar-refractivity contribution in [2.24, 2.45) is 0 Å².